The topological polar surface area (TPSA) is 82.2 Å². The van der Waals surface area contributed by atoms with Crippen molar-refractivity contribution in [2.75, 3.05) is 13.7 Å². The molecule has 6 heteroatoms. The normalized spacial score (nSPS) is 16.3. The van der Waals surface area contributed by atoms with E-state index in [0.29, 0.717) is 12.2 Å². The van der Waals surface area contributed by atoms with Gasteiger partial charge in [-0.2, -0.15) is 5.10 Å². The summed E-state index contributed by atoms with van der Waals surface area (Å²) in [5.41, 5.74) is 6.88. The van der Waals surface area contributed by atoms with E-state index in [2.05, 4.69) is 10.4 Å². The number of benzene rings is 1. The highest BCUT2D eigenvalue weighted by atomic mass is 16.5. The second-order valence-electron chi connectivity index (χ2n) is 5.99. The molecule has 1 fully saturated rings. The van der Waals surface area contributed by atoms with Gasteiger partial charge in [0.25, 0.3) is 5.91 Å². The minimum atomic E-state index is -0.263. The van der Waals surface area contributed by atoms with Gasteiger partial charge in [0.15, 0.2) is 5.69 Å². The third kappa shape index (κ3) is 3.22. The van der Waals surface area contributed by atoms with E-state index in [9.17, 15) is 4.79 Å². The highest BCUT2D eigenvalue weighted by molar-refractivity contribution is 5.92. The summed E-state index contributed by atoms with van der Waals surface area (Å²) < 4.78 is 6.82. The van der Waals surface area contributed by atoms with Crippen LogP contribution in [0.25, 0.3) is 5.69 Å². The Bertz CT molecular complexity index is 672. The predicted molar refractivity (Wildman–Crippen MR) is 87.8 cm³/mol. The Morgan fingerprint density at radius 2 is 2.00 bits per heavy atom. The molecule has 6 nitrogen and oxygen atoms in total. The molecule has 0 unspecified atom stereocenters. The maximum absolute atomic E-state index is 12.4. The molecule has 1 aliphatic carbocycles. The van der Waals surface area contributed by atoms with E-state index in [1.54, 1.807) is 24.1 Å². The molecule has 23 heavy (non-hydrogen) atoms. The molecule has 0 atom stereocenters. The fourth-order valence-corrected chi connectivity index (χ4v) is 3.06. The van der Waals surface area contributed by atoms with E-state index >= 15 is 0 Å². The van der Waals surface area contributed by atoms with Crippen LogP contribution < -0.4 is 15.8 Å². The molecule has 0 aliphatic heterocycles. The lowest BCUT2D eigenvalue weighted by Gasteiger charge is -2.28. The molecule has 0 bridgehead atoms. The molecule has 1 aliphatic rings. The van der Waals surface area contributed by atoms with Gasteiger partial charge in [-0.25, -0.2) is 4.68 Å². The van der Waals surface area contributed by atoms with E-state index in [4.69, 9.17) is 10.5 Å². The molecule has 1 aromatic heterocycles. The first-order valence-corrected chi connectivity index (χ1v) is 7.88. The minimum Gasteiger partial charge on any atom is -0.497 e. The molecule has 0 spiro atoms. The number of aromatic nitrogens is 2. The van der Waals surface area contributed by atoms with Crippen molar-refractivity contribution < 1.29 is 9.53 Å². The van der Waals surface area contributed by atoms with Gasteiger partial charge in [0, 0.05) is 12.7 Å². The first kappa shape index (κ1) is 15.6. The summed E-state index contributed by atoms with van der Waals surface area (Å²) in [7, 11) is 1.63. The monoisotopic (exact) mass is 314 g/mol. The lowest BCUT2D eigenvalue weighted by Crippen LogP contribution is -2.51. The molecule has 0 radical (unpaired) electrons. The lowest BCUT2D eigenvalue weighted by molar-refractivity contribution is 0.0897. The average molecular weight is 314 g/mol. The van der Waals surface area contributed by atoms with E-state index in [-0.39, 0.29) is 11.4 Å². The molecule has 0 saturated heterocycles. The van der Waals surface area contributed by atoms with Gasteiger partial charge in [-0.15, -0.1) is 0 Å². The number of hydrogen-bond donors (Lipinski definition) is 2. The summed E-state index contributed by atoms with van der Waals surface area (Å²) >= 11 is 0. The lowest BCUT2D eigenvalue weighted by atomic mass is 9.97. The van der Waals surface area contributed by atoms with Gasteiger partial charge in [-0.1, -0.05) is 12.8 Å². The number of amides is 1. The predicted octanol–water partition coefficient (Wildman–Crippen LogP) is 1.88. The third-order valence-electron chi connectivity index (χ3n) is 4.49. The zero-order valence-electron chi connectivity index (χ0n) is 13.3. The number of methoxy groups -OCH3 is 1. The number of nitrogens with one attached hydrogen (secondary N) is 1. The standard InChI is InChI=1S/C17H22N4O2/c1-23-14-6-4-13(5-7-14)21-11-8-15(20-21)16(22)19-17(12-18)9-2-3-10-17/h4-8,11H,2-3,9-10,12,18H2,1H3,(H,19,22). The van der Waals surface area contributed by atoms with Crippen molar-refractivity contribution in [2.24, 2.45) is 5.73 Å². The van der Waals surface area contributed by atoms with E-state index < -0.39 is 0 Å². The van der Waals surface area contributed by atoms with Gasteiger partial charge < -0.3 is 15.8 Å². The molecular formula is C17H22N4O2. The van der Waals surface area contributed by atoms with Crippen LogP contribution in [-0.2, 0) is 0 Å². The molecule has 3 rings (SSSR count). The Hall–Kier alpha value is -2.34. The summed E-state index contributed by atoms with van der Waals surface area (Å²) in [4.78, 5) is 12.4. The molecule has 122 valence electrons. The van der Waals surface area contributed by atoms with Crippen LogP contribution in [0.15, 0.2) is 36.5 Å². The Morgan fingerprint density at radius 3 is 2.61 bits per heavy atom. The number of ether oxygens (including phenoxy) is 1. The number of hydrogen-bond acceptors (Lipinski definition) is 4. The summed E-state index contributed by atoms with van der Waals surface area (Å²) in [6.07, 6.45) is 5.87. The molecule has 1 heterocycles. The van der Waals surface area contributed by atoms with Crippen LogP contribution in [0, 0.1) is 0 Å². The van der Waals surface area contributed by atoms with E-state index in [1.165, 1.54) is 0 Å². The summed E-state index contributed by atoms with van der Waals surface area (Å²) in [5, 5.41) is 7.45. The van der Waals surface area contributed by atoms with Gasteiger partial charge in [0.1, 0.15) is 5.75 Å². The van der Waals surface area contributed by atoms with Crippen molar-refractivity contribution in [2.45, 2.75) is 31.2 Å². The van der Waals surface area contributed by atoms with Gasteiger partial charge >= 0.3 is 0 Å². The molecule has 1 saturated carbocycles. The summed E-state index contributed by atoms with van der Waals surface area (Å²) in [5.74, 6) is 0.620. The fraction of sp³-hybridized carbons (Fsp3) is 0.412. The quantitative estimate of drug-likeness (QED) is 0.883. The average Bonchev–Trinajstić information content (AvgIpc) is 3.25. The Morgan fingerprint density at radius 1 is 1.30 bits per heavy atom. The van der Waals surface area contributed by atoms with Gasteiger partial charge in [0.05, 0.1) is 18.3 Å². The van der Waals surface area contributed by atoms with Gasteiger partial charge in [0.2, 0.25) is 0 Å². The highest BCUT2D eigenvalue weighted by Gasteiger charge is 2.34. The number of rotatable bonds is 5. The number of carbonyl (C=O) groups is 1. The van der Waals surface area contributed by atoms with Gasteiger partial charge in [-0.05, 0) is 43.2 Å². The van der Waals surface area contributed by atoms with Crippen LogP contribution in [0.1, 0.15) is 36.2 Å². The van der Waals surface area contributed by atoms with E-state index in [1.807, 2.05) is 24.3 Å². The minimum absolute atomic E-state index is 0.162. The van der Waals surface area contributed by atoms with Crippen LogP contribution >= 0.6 is 0 Å². The summed E-state index contributed by atoms with van der Waals surface area (Å²) in [6.45, 7) is 0.470. The number of nitrogens with zero attached hydrogens (tertiary/aromatic N) is 2. The van der Waals surface area contributed by atoms with Crippen molar-refractivity contribution in [3.63, 3.8) is 0 Å². The Kier molecular flexibility index (Phi) is 4.34. The summed E-state index contributed by atoms with van der Waals surface area (Å²) in [6, 6.07) is 9.23. The fourth-order valence-electron chi connectivity index (χ4n) is 3.06. The van der Waals surface area contributed by atoms with Crippen LogP contribution in [0.5, 0.6) is 5.75 Å². The van der Waals surface area contributed by atoms with Crippen molar-refractivity contribution in [3.8, 4) is 11.4 Å². The van der Waals surface area contributed by atoms with Crippen LogP contribution in [0.2, 0.25) is 0 Å². The smallest absolute Gasteiger partial charge is 0.272 e. The first-order valence-electron chi connectivity index (χ1n) is 7.88. The number of carbonyl (C=O) groups excluding carboxylic acids is 1. The Labute approximate surface area is 135 Å². The maximum Gasteiger partial charge on any atom is 0.272 e. The van der Waals surface area contributed by atoms with Crippen LogP contribution in [0.3, 0.4) is 0 Å². The second-order valence-corrected chi connectivity index (χ2v) is 5.99. The van der Waals surface area contributed by atoms with Gasteiger partial charge in [-0.3, -0.25) is 4.79 Å². The maximum atomic E-state index is 12.4. The molecule has 2 aromatic rings. The van der Waals surface area contributed by atoms with Crippen molar-refractivity contribution in [3.05, 3.63) is 42.2 Å². The largest absolute Gasteiger partial charge is 0.497 e. The SMILES string of the molecule is COc1ccc(-n2ccc(C(=O)NC3(CN)CCCC3)n2)cc1. The number of nitrogens with two attached hydrogens (primary N) is 1. The highest BCUT2D eigenvalue weighted by Crippen LogP contribution is 2.28. The second kappa shape index (κ2) is 6.42. The van der Waals surface area contributed by atoms with E-state index in [0.717, 1.165) is 37.1 Å². The Balaban J connectivity index is 1.74. The van der Waals surface area contributed by atoms with Crippen molar-refractivity contribution >= 4 is 5.91 Å². The third-order valence-corrected chi connectivity index (χ3v) is 4.49. The zero-order valence-corrected chi connectivity index (χ0v) is 13.3. The molecular weight excluding hydrogens is 292 g/mol. The van der Waals surface area contributed by atoms with Crippen molar-refractivity contribution in [1.29, 1.82) is 0 Å². The van der Waals surface area contributed by atoms with Crippen LogP contribution in [0.4, 0.5) is 0 Å². The molecule has 1 amide bonds. The zero-order chi connectivity index (χ0) is 16.3. The molecule has 1 aromatic carbocycles. The first-order chi connectivity index (χ1) is 11.2. The van der Waals surface area contributed by atoms with Crippen molar-refractivity contribution in [1.82, 2.24) is 15.1 Å². The van der Waals surface area contributed by atoms with Crippen LogP contribution in [-0.4, -0.2) is 34.9 Å². The molecule has 3 N–H and O–H groups in total.